The van der Waals surface area contributed by atoms with Crippen molar-refractivity contribution in [3.8, 4) is 11.5 Å². The van der Waals surface area contributed by atoms with Crippen LogP contribution in [0.15, 0.2) is 83.0 Å². The van der Waals surface area contributed by atoms with E-state index < -0.39 is 16.6 Å². The number of anilines is 1. The molecule has 0 unspecified atom stereocenters. The average Bonchev–Trinajstić information content (AvgIpc) is 2.91. The van der Waals surface area contributed by atoms with Gasteiger partial charge in [0.25, 0.3) is 17.5 Å². The maximum Gasteiger partial charge on any atom is 0.269 e. The minimum Gasteiger partial charge on any atom is -0.505 e. The predicted molar refractivity (Wildman–Crippen MR) is 137 cm³/mol. The molecule has 0 saturated carbocycles. The number of ether oxygens (including phenoxy) is 1. The number of carbonyl (C=O) groups is 2. The highest BCUT2D eigenvalue weighted by atomic mass is 16.6. The first kappa shape index (κ1) is 24.8. The van der Waals surface area contributed by atoms with Crippen LogP contribution in [0.2, 0.25) is 0 Å². The maximum atomic E-state index is 13.0. The van der Waals surface area contributed by atoms with Crippen molar-refractivity contribution in [3.05, 3.63) is 94.0 Å². The number of phenols is 1. The number of nitro groups is 1. The van der Waals surface area contributed by atoms with Crippen LogP contribution in [0.4, 0.5) is 22.7 Å². The van der Waals surface area contributed by atoms with Gasteiger partial charge in [-0.15, -0.1) is 10.2 Å². The number of nitro benzene ring substituents is 1. The molecule has 0 atom stereocenters. The number of phenolic OH excluding ortho intramolecular Hbond substituents is 1. The molecule has 0 spiro atoms. The molecule has 0 aliphatic carbocycles. The van der Waals surface area contributed by atoms with Gasteiger partial charge in [0.05, 0.1) is 17.6 Å². The van der Waals surface area contributed by atoms with Gasteiger partial charge in [0.2, 0.25) is 0 Å². The van der Waals surface area contributed by atoms with Gasteiger partial charge in [0.15, 0.2) is 5.75 Å². The van der Waals surface area contributed by atoms with Crippen LogP contribution in [0.25, 0.3) is 10.8 Å². The van der Waals surface area contributed by atoms with Crippen molar-refractivity contribution < 1.29 is 24.4 Å². The van der Waals surface area contributed by atoms with Crippen LogP contribution in [-0.2, 0) is 0 Å². The van der Waals surface area contributed by atoms with Crippen LogP contribution < -0.4 is 15.4 Å². The summed E-state index contributed by atoms with van der Waals surface area (Å²) in [5.74, 6) is -1.03. The second kappa shape index (κ2) is 10.5. The van der Waals surface area contributed by atoms with E-state index in [1.807, 2.05) is 0 Å². The van der Waals surface area contributed by atoms with Gasteiger partial charge in [0, 0.05) is 35.8 Å². The lowest BCUT2D eigenvalue weighted by Gasteiger charge is -2.11. The normalized spacial score (nSPS) is 10.9. The van der Waals surface area contributed by atoms with Crippen LogP contribution >= 0.6 is 0 Å². The number of hydrogen-bond acceptors (Lipinski definition) is 8. The summed E-state index contributed by atoms with van der Waals surface area (Å²) in [7, 11) is 2.95. The number of carbonyl (C=O) groups excluding carboxylic acids is 2. The number of nitrogens with zero attached hydrogens (tertiary/aromatic N) is 3. The molecule has 0 fully saturated rings. The maximum absolute atomic E-state index is 13.0. The number of non-ortho nitro benzene ring substituents is 1. The van der Waals surface area contributed by atoms with E-state index in [0.717, 1.165) is 0 Å². The molecular formula is C26H21N5O6. The molecule has 11 nitrogen and oxygen atoms in total. The first-order valence-corrected chi connectivity index (χ1v) is 10.9. The minimum atomic E-state index is -0.646. The Kier molecular flexibility index (Phi) is 7.05. The summed E-state index contributed by atoms with van der Waals surface area (Å²) in [6, 6.07) is 18.5. The van der Waals surface area contributed by atoms with E-state index in [-0.39, 0.29) is 28.5 Å². The Morgan fingerprint density at radius 2 is 1.70 bits per heavy atom. The van der Waals surface area contributed by atoms with Crippen LogP contribution in [0.1, 0.15) is 20.7 Å². The molecule has 0 heterocycles. The summed E-state index contributed by atoms with van der Waals surface area (Å²) < 4.78 is 5.32. The van der Waals surface area contributed by atoms with Gasteiger partial charge in [-0.3, -0.25) is 19.7 Å². The number of amides is 2. The van der Waals surface area contributed by atoms with Crippen LogP contribution in [0.5, 0.6) is 11.5 Å². The zero-order chi connectivity index (χ0) is 26.5. The molecule has 0 bridgehead atoms. The number of nitrogens with one attached hydrogen (secondary N) is 2. The molecule has 0 aromatic heterocycles. The topological polar surface area (TPSA) is 156 Å². The predicted octanol–water partition coefficient (Wildman–Crippen LogP) is 5.49. The minimum absolute atomic E-state index is 0.0411. The van der Waals surface area contributed by atoms with Gasteiger partial charge in [-0.1, -0.05) is 24.3 Å². The highest BCUT2D eigenvalue weighted by Gasteiger charge is 2.19. The molecule has 11 heteroatoms. The summed E-state index contributed by atoms with van der Waals surface area (Å²) in [6.07, 6.45) is 0. The van der Waals surface area contributed by atoms with Gasteiger partial charge in [0.1, 0.15) is 17.1 Å². The Labute approximate surface area is 210 Å². The SMILES string of the molecule is CNC(=O)c1ccc(OC)c(N=Nc2c(O)c(C(=O)Nc3ccc([N+](=O)[O-])cc3)cc3ccccc23)c1. The summed E-state index contributed by atoms with van der Waals surface area (Å²) in [5.41, 5.74) is 0.735. The molecule has 0 aliphatic heterocycles. The fraction of sp³-hybridized carbons (Fsp3) is 0.0769. The summed E-state index contributed by atoms with van der Waals surface area (Å²) >= 11 is 0. The van der Waals surface area contributed by atoms with E-state index >= 15 is 0 Å². The van der Waals surface area contributed by atoms with E-state index in [9.17, 15) is 24.8 Å². The Bertz CT molecular complexity index is 1550. The Hall–Kier alpha value is -5.32. The molecule has 0 saturated heterocycles. The van der Waals surface area contributed by atoms with Crippen LogP contribution in [-0.4, -0.2) is 36.0 Å². The molecule has 0 aliphatic rings. The molecule has 186 valence electrons. The molecule has 3 N–H and O–H groups in total. The lowest BCUT2D eigenvalue weighted by atomic mass is 10.0. The van der Waals surface area contributed by atoms with Crippen molar-refractivity contribution in [1.29, 1.82) is 0 Å². The third kappa shape index (κ3) is 5.20. The number of benzene rings is 4. The smallest absolute Gasteiger partial charge is 0.269 e. The largest absolute Gasteiger partial charge is 0.505 e. The van der Waals surface area contributed by atoms with Crippen molar-refractivity contribution in [2.24, 2.45) is 10.2 Å². The molecule has 4 aromatic rings. The van der Waals surface area contributed by atoms with Gasteiger partial charge < -0.3 is 20.5 Å². The highest BCUT2D eigenvalue weighted by molar-refractivity contribution is 6.11. The second-order valence-electron chi connectivity index (χ2n) is 7.77. The molecule has 0 radical (unpaired) electrons. The zero-order valence-corrected chi connectivity index (χ0v) is 19.8. The highest BCUT2D eigenvalue weighted by Crippen LogP contribution is 2.40. The van der Waals surface area contributed by atoms with Gasteiger partial charge in [-0.25, -0.2) is 0 Å². The average molecular weight is 499 g/mol. The van der Waals surface area contributed by atoms with Crippen LogP contribution in [0.3, 0.4) is 0 Å². The number of azo groups is 1. The summed E-state index contributed by atoms with van der Waals surface area (Å²) in [5, 5.41) is 36.7. The standard InChI is InChI=1S/C26H21N5O6/c1-27-25(33)16-7-12-22(37-2)21(14-16)29-30-23-19-6-4-3-5-15(19)13-20(24(23)32)26(34)28-17-8-10-18(11-9-17)31(35)36/h3-14,32H,1-2H3,(H,27,33)(H,28,34). The van der Waals surface area contributed by atoms with Crippen molar-refractivity contribution in [2.45, 2.75) is 0 Å². The molecular weight excluding hydrogens is 478 g/mol. The second-order valence-corrected chi connectivity index (χ2v) is 7.77. The number of hydrogen-bond donors (Lipinski definition) is 3. The Morgan fingerprint density at radius 1 is 0.973 bits per heavy atom. The van der Waals surface area contributed by atoms with Crippen molar-refractivity contribution >= 4 is 45.3 Å². The fourth-order valence-electron chi connectivity index (χ4n) is 3.61. The molecule has 2 amide bonds. The van der Waals surface area contributed by atoms with Crippen molar-refractivity contribution in [2.75, 3.05) is 19.5 Å². The van der Waals surface area contributed by atoms with Gasteiger partial charge >= 0.3 is 0 Å². The number of fused-ring (bicyclic) bond motifs is 1. The third-order valence-electron chi connectivity index (χ3n) is 5.50. The van der Waals surface area contributed by atoms with E-state index in [2.05, 4.69) is 20.9 Å². The molecule has 4 aromatic carbocycles. The first-order chi connectivity index (χ1) is 17.8. The van der Waals surface area contributed by atoms with Crippen molar-refractivity contribution in [1.82, 2.24) is 5.32 Å². The lowest BCUT2D eigenvalue weighted by molar-refractivity contribution is -0.384. The van der Waals surface area contributed by atoms with E-state index in [1.165, 1.54) is 50.6 Å². The Morgan fingerprint density at radius 3 is 2.38 bits per heavy atom. The Balaban J connectivity index is 1.75. The fourth-order valence-corrected chi connectivity index (χ4v) is 3.61. The lowest BCUT2D eigenvalue weighted by Crippen LogP contribution is -2.17. The summed E-state index contributed by atoms with van der Waals surface area (Å²) in [4.78, 5) is 35.4. The molecule has 4 rings (SSSR count). The first-order valence-electron chi connectivity index (χ1n) is 10.9. The quantitative estimate of drug-likeness (QED) is 0.173. The third-order valence-corrected chi connectivity index (χ3v) is 5.50. The van der Waals surface area contributed by atoms with E-state index in [4.69, 9.17) is 4.74 Å². The van der Waals surface area contributed by atoms with Crippen molar-refractivity contribution in [3.63, 3.8) is 0 Å². The van der Waals surface area contributed by atoms with E-state index in [0.29, 0.717) is 27.8 Å². The number of aromatic hydroxyl groups is 1. The molecule has 37 heavy (non-hydrogen) atoms. The number of rotatable bonds is 7. The zero-order valence-electron chi connectivity index (χ0n) is 19.8. The van der Waals surface area contributed by atoms with Crippen LogP contribution in [0, 0.1) is 10.1 Å². The monoisotopic (exact) mass is 499 g/mol. The van der Waals surface area contributed by atoms with Gasteiger partial charge in [-0.05, 0) is 41.8 Å². The van der Waals surface area contributed by atoms with E-state index in [1.54, 1.807) is 36.4 Å². The summed E-state index contributed by atoms with van der Waals surface area (Å²) in [6.45, 7) is 0. The van der Waals surface area contributed by atoms with Gasteiger partial charge in [-0.2, -0.15) is 0 Å². The number of methoxy groups -OCH3 is 1.